The topological polar surface area (TPSA) is 59.8 Å². The average molecular weight is 395 g/mol. The number of anilines is 1. The Hall–Kier alpha value is -2.96. The summed E-state index contributed by atoms with van der Waals surface area (Å²) in [7, 11) is 0. The number of hydrogen-bond donors (Lipinski definition) is 1. The van der Waals surface area contributed by atoms with Crippen LogP contribution in [0.4, 0.5) is 5.95 Å². The van der Waals surface area contributed by atoms with E-state index >= 15 is 0 Å². The summed E-state index contributed by atoms with van der Waals surface area (Å²) in [6, 6.07) is 20.7. The van der Waals surface area contributed by atoms with Crippen LogP contribution < -0.4 is 5.32 Å². The summed E-state index contributed by atoms with van der Waals surface area (Å²) < 4.78 is 1.28. The van der Waals surface area contributed by atoms with Crippen LogP contribution in [0.2, 0.25) is 5.02 Å². The van der Waals surface area contributed by atoms with E-state index in [0.29, 0.717) is 28.9 Å². The molecule has 0 amide bonds. The van der Waals surface area contributed by atoms with Crippen LogP contribution in [0.3, 0.4) is 0 Å². The third-order valence-corrected chi connectivity index (χ3v) is 5.13. The van der Waals surface area contributed by atoms with Crippen LogP contribution in [0.5, 0.6) is 0 Å². The van der Waals surface area contributed by atoms with Gasteiger partial charge in [-0.3, -0.25) is 4.79 Å². The zero-order valence-electron chi connectivity index (χ0n) is 14.2. The molecule has 2 aromatic carbocycles. The van der Waals surface area contributed by atoms with Crippen LogP contribution in [0.15, 0.2) is 72.1 Å². The Morgan fingerprint density at radius 1 is 1.04 bits per heavy atom. The van der Waals surface area contributed by atoms with Crippen molar-refractivity contribution in [3.05, 3.63) is 88.3 Å². The number of hydrogen-bond acceptors (Lipinski definition) is 5. The van der Waals surface area contributed by atoms with Gasteiger partial charge in [-0.15, -0.1) is 16.4 Å². The van der Waals surface area contributed by atoms with Crippen molar-refractivity contribution in [2.75, 3.05) is 5.32 Å². The van der Waals surface area contributed by atoms with E-state index in [1.54, 1.807) is 24.3 Å². The summed E-state index contributed by atoms with van der Waals surface area (Å²) in [6.07, 6.45) is 0. The Bertz CT molecular complexity index is 1060. The monoisotopic (exact) mass is 394 g/mol. The zero-order valence-corrected chi connectivity index (χ0v) is 15.7. The summed E-state index contributed by atoms with van der Waals surface area (Å²) in [5, 5.41) is 9.97. The van der Waals surface area contributed by atoms with Gasteiger partial charge in [0, 0.05) is 6.54 Å². The van der Waals surface area contributed by atoms with Gasteiger partial charge >= 0.3 is 0 Å². The smallest absolute Gasteiger partial charge is 0.282 e. The minimum Gasteiger partial charge on any atom is -0.350 e. The van der Waals surface area contributed by atoms with Gasteiger partial charge in [0.1, 0.15) is 0 Å². The Morgan fingerprint density at radius 3 is 2.56 bits per heavy atom. The second-order valence-corrected chi connectivity index (χ2v) is 7.13. The van der Waals surface area contributed by atoms with Crippen molar-refractivity contribution in [2.24, 2.45) is 0 Å². The highest BCUT2D eigenvalue weighted by Crippen LogP contribution is 2.25. The SMILES string of the molecule is O=C(c1ccccc1Cl)n1nc(-c2cccs2)nc1NCc1ccccc1. The van der Waals surface area contributed by atoms with Crippen LogP contribution in [0, 0.1) is 0 Å². The molecule has 27 heavy (non-hydrogen) atoms. The van der Waals surface area contributed by atoms with Crippen molar-refractivity contribution in [2.45, 2.75) is 6.54 Å². The highest BCUT2D eigenvalue weighted by molar-refractivity contribution is 7.13. The van der Waals surface area contributed by atoms with E-state index in [1.165, 1.54) is 16.0 Å². The van der Waals surface area contributed by atoms with E-state index in [-0.39, 0.29) is 5.91 Å². The molecule has 0 saturated carbocycles. The van der Waals surface area contributed by atoms with E-state index in [0.717, 1.165) is 10.4 Å². The number of nitrogens with one attached hydrogen (secondary N) is 1. The van der Waals surface area contributed by atoms with Crippen LogP contribution >= 0.6 is 22.9 Å². The summed E-state index contributed by atoms with van der Waals surface area (Å²) in [4.78, 5) is 18.4. The molecule has 0 radical (unpaired) electrons. The standard InChI is InChI=1S/C20H15ClN4OS/c21-16-10-5-4-9-15(16)19(26)25-20(22-13-14-7-2-1-3-8-14)23-18(24-25)17-11-6-12-27-17/h1-12H,13H2,(H,22,23,24). The summed E-state index contributed by atoms with van der Waals surface area (Å²) in [6.45, 7) is 0.527. The lowest BCUT2D eigenvalue weighted by Gasteiger charge is -2.08. The first-order valence-electron chi connectivity index (χ1n) is 8.30. The highest BCUT2D eigenvalue weighted by Gasteiger charge is 2.20. The quantitative estimate of drug-likeness (QED) is 0.519. The van der Waals surface area contributed by atoms with Crippen molar-refractivity contribution < 1.29 is 4.79 Å². The molecular weight excluding hydrogens is 380 g/mol. The van der Waals surface area contributed by atoms with Crippen LogP contribution in [0.25, 0.3) is 10.7 Å². The summed E-state index contributed by atoms with van der Waals surface area (Å²) in [5.41, 5.74) is 1.46. The van der Waals surface area contributed by atoms with Crippen molar-refractivity contribution >= 4 is 34.8 Å². The van der Waals surface area contributed by atoms with Crippen molar-refractivity contribution in [3.63, 3.8) is 0 Å². The molecule has 0 spiro atoms. The lowest BCUT2D eigenvalue weighted by Crippen LogP contribution is -2.18. The number of aromatic nitrogens is 3. The molecule has 0 saturated heterocycles. The fourth-order valence-corrected chi connectivity index (χ4v) is 3.47. The zero-order chi connectivity index (χ0) is 18.6. The lowest BCUT2D eigenvalue weighted by atomic mass is 10.2. The average Bonchev–Trinajstić information content (AvgIpc) is 3.37. The third kappa shape index (κ3) is 3.77. The molecular formula is C20H15ClN4OS. The molecule has 134 valence electrons. The van der Waals surface area contributed by atoms with E-state index in [9.17, 15) is 4.79 Å². The Kier molecular flexibility index (Phi) is 5.00. The van der Waals surface area contributed by atoms with Crippen molar-refractivity contribution in [1.29, 1.82) is 0 Å². The number of carbonyl (C=O) groups excluding carboxylic acids is 1. The molecule has 0 aliphatic heterocycles. The molecule has 0 aliphatic rings. The predicted molar refractivity (Wildman–Crippen MR) is 108 cm³/mol. The first-order valence-corrected chi connectivity index (χ1v) is 9.56. The van der Waals surface area contributed by atoms with E-state index < -0.39 is 0 Å². The van der Waals surface area contributed by atoms with Crippen molar-refractivity contribution in [1.82, 2.24) is 14.8 Å². The van der Waals surface area contributed by atoms with Gasteiger partial charge in [0.25, 0.3) is 5.91 Å². The molecule has 0 fully saturated rings. The molecule has 2 heterocycles. The van der Waals surface area contributed by atoms with Crippen LogP contribution in [-0.2, 0) is 6.54 Å². The maximum absolute atomic E-state index is 13.0. The Labute approximate surface area is 165 Å². The number of rotatable bonds is 5. The second-order valence-electron chi connectivity index (χ2n) is 5.77. The highest BCUT2D eigenvalue weighted by atomic mass is 35.5. The molecule has 0 atom stereocenters. The molecule has 0 bridgehead atoms. The summed E-state index contributed by atoms with van der Waals surface area (Å²) >= 11 is 7.72. The van der Waals surface area contributed by atoms with E-state index in [2.05, 4.69) is 15.4 Å². The van der Waals surface area contributed by atoms with Gasteiger partial charge in [0.2, 0.25) is 5.95 Å². The third-order valence-electron chi connectivity index (χ3n) is 3.94. The molecule has 1 N–H and O–H groups in total. The molecule has 0 aliphatic carbocycles. The lowest BCUT2D eigenvalue weighted by molar-refractivity contribution is 0.0947. The maximum Gasteiger partial charge on any atom is 0.282 e. The van der Waals surface area contributed by atoms with Crippen LogP contribution in [-0.4, -0.2) is 20.7 Å². The minimum absolute atomic E-state index is 0.327. The van der Waals surface area contributed by atoms with Gasteiger partial charge in [-0.2, -0.15) is 9.67 Å². The molecule has 5 nitrogen and oxygen atoms in total. The molecule has 2 aromatic heterocycles. The van der Waals surface area contributed by atoms with E-state index in [1.807, 2.05) is 47.8 Å². The van der Waals surface area contributed by atoms with E-state index in [4.69, 9.17) is 11.6 Å². The first-order chi connectivity index (χ1) is 13.2. The van der Waals surface area contributed by atoms with Gasteiger partial charge in [0.15, 0.2) is 5.82 Å². The number of benzene rings is 2. The largest absolute Gasteiger partial charge is 0.350 e. The van der Waals surface area contributed by atoms with Gasteiger partial charge < -0.3 is 5.32 Å². The van der Waals surface area contributed by atoms with Gasteiger partial charge in [-0.05, 0) is 29.1 Å². The summed E-state index contributed by atoms with van der Waals surface area (Å²) in [5.74, 6) is 0.555. The number of halogens is 1. The molecule has 7 heteroatoms. The number of nitrogens with zero attached hydrogens (tertiary/aromatic N) is 3. The fraction of sp³-hybridized carbons (Fsp3) is 0.0500. The molecule has 0 unspecified atom stereocenters. The van der Waals surface area contributed by atoms with Crippen molar-refractivity contribution in [3.8, 4) is 10.7 Å². The van der Waals surface area contributed by atoms with Gasteiger partial charge in [-0.25, -0.2) is 0 Å². The Balaban J connectivity index is 1.70. The second kappa shape index (κ2) is 7.73. The maximum atomic E-state index is 13.0. The number of carbonyl (C=O) groups is 1. The van der Waals surface area contributed by atoms with Gasteiger partial charge in [-0.1, -0.05) is 60.1 Å². The Morgan fingerprint density at radius 2 is 1.81 bits per heavy atom. The fourth-order valence-electron chi connectivity index (χ4n) is 2.60. The normalized spacial score (nSPS) is 10.7. The van der Waals surface area contributed by atoms with Gasteiger partial charge in [0.05, 0.1) is 15.5 Å². The van der Waals surface area contributed by atoms with Crippen LogP contribution in [0.1, 0.15) is 15.9 Å². The first kappa shape index (κ1) is 17.5. The minimum atomic E-state index is -0.327. The molecule has 4 aromatic rings. The molecule has 4 rings (SSSR count). The predicted octanol–water partition coefficient (Wildman–Crippen LogP) is 4.96. The number of thiophene rings is 1.